The van der Waals surface area contributed by atoms with Crippen LogP contribution in [0.3, 0.4) is 0 Å². The summed E-state index contributed by atoms with van der Waals surface area (Å²) >= 11 is 1.65. The monoisotopic (exact) mass is 422 g/mol. The van der Waals surface area contributed by atoms with Gasteiger partial charge in [0.1, 0.15) is 5.37 Å². The fourth-order valence-corrected chi connectivity index (χ4v) is 5.69. The van der Waals surface area contributed by atoms with Crippen molar-refractivity contribution in [1.82, 2.24) is 0 Å². The van der Waals surface area contributed by atoms with Gasteiger partial charge in [-0.3, -0.25) is 14.5 Å². The van der Waals surface area contributed by atoms with Crippen molar-refractivity contribution in [3.63, 3.8) is 0 Å². The number of amides is 2. The predicted molar refractivity (Wildman–Crippen MR) is 125 cm³/mol. The van der Waals surface area contributed by atoms with Crippen LogP contribution in [0, 0.1) is 19.8 Å². The van der Waals surface area contributed by atoms with Crippen LogP contribution in [0.5, 0.6) is 0 Å². The molecule has 1 saturated heterocycles. The summed E-state index contributed by atoms with van der Waals surface area (Å²) in [6, 6.07) is 14.1. The maximum atomic E-state index is 12.7. The number of carbonyl (C=O) groups is 2. The molecule has 4 nitrogen and oxygen atoms in total. The van der Waals surface area contributed by atoms with Gasteiger partial charge >= 0.3 is 0 Å². The molecule has 1 aliphatic carbocycles. The lowest BCUT2D eigenvalue weighted by atomic mass is 10.0. The van der Waals surface area contributed by atoms with E-state index in [4.69, 9.17) is 0 Å². The Hall–Kier alpha value is -2.27. The molecule has 1 N–H and O–H groups in total. The third-order valence-electron chi connectivity index (χ3n) is 6.44. The Bertz CT molecular complexity index is 919. The number of benzene rings is 2. The average Bonchev–Trinajstić information content (AvgIpc) is 3.39. The Morgan fingerprint density at radius 2 is 1.83 bits per heavy atom. The summed E-state index contributed by atoms with van der Waals surface area (Å²) in [4.78, 5) is 26.9. The number of hydrogen-bond donors (Lipinski definition) is 1. The average molecular weight is 423 g/mol. The molecule has 0 aromatic heterocycles. The van der Waals surface area contributed by atoms with Crippen molar-refractivity contribution in [2.24, 2.45) is 5.92 Å². The molecule has 0 spiro atoms. The zero-order chi connectivity index (χ0) is 21.1. The van der Waals surface area contributed by atoms with Crippen LogP contribution >= 0.6 is 11.8 Å². The number of rotatable bonds is 6. The molecule has 1 heterocycles. The molecule has 1 saturated carbocycles. The molecular formula is C25H30N2O2S. The first-order valence-electron chi connectivity index (χ1n) is 10.9. The van der Waals surface area contributed by atoms with Crippen LogP contribution in [0.25, 0.3) is 0 Å². The molecule has 4 rings (SSSR count). The molecule has 2 aromatic carbocycles. The second-order valence-corrected chi connectivity index (χ2v) is 9.57. The SMILES string of the molecule is Cc1cccc(N2C(=O)CS[C@@H]2c2ccc(NC(=O)CCC3CCCC3)cc2)c1C. The van der Waals surface area contributed by atoms with Crippen molar-refractivity contribution >= 4 is 35.0 Å². The summed E-state index contributed by atoms with van der Waals surface area (Å²) in [7, 11) is 0. The van der Waals surface area contributed by atoms with E-state index in [9.17, 15) is 9.59 Å². The highest BCUT2D eigenvalue weighted by Gasteiger charge is 2.34. The minimum atomic E-state index is -0.0369. The maximum absolute atomic E-state index is 12.7. The van der Waals surface area contributed by atoms with Gasteiger partial charge in [-0.1, -0.05) is 49.9 Å². The largest absolute Gasteiger partial charge is 0.326 e. The van der Waals surface area contributed by atoms with Gasteiger partial charge in [0, 0.05) is 17.8 Å². The van der Waals surface area contributed by atoms with Gasteiger partial charge in [-0.25, -0.2) is 0 Å². The van der Waals surface area contributed by atoms with Crippen LogP contribution in [0.1, 0.15) is 60.6 Å². The smallest absolute Gasteiger partial charge is 0.238 e. The number of thioether (sulfide) groups is 1. The molecule has 5 heteroatoms. The highest BCUT2D eigenvalue weighted by Crippen LogP contribution is 2.43. The van der Waals surface area contributed by atoms with E-state index in [1.165, 1.54) is 31.2 Å². The fraction of sp³-hybridized carbons (Fsp3) is 0.440. The minimum Gasteiger partial charge on any atom is -0.326 e. The normalized spacial score (nSPS) is 19.5. The van der Waals surface area contributed by atoms with Crippen molar-refractivity contribution < 1.29 is 9.59 Å². The maximum Gasteiger partial charge on any atom is 0.238 e. The lowest BCUT2D eigenvalue weighted by Gasteiger charge is -2.26. The van der Waals surface area contributed by atoms with Crippen LogP contribution in [0.15, 0.2) is 42.5 Å². The number of aryl methyl sites for hydroxylation is 1. The molecule has 2 amide bonds. The van der Waals surface area contributed by atoms with Gasteiger partial charge in [0.15, 0.2) is 0 Å². The Kier molecular flexibility index (Phi) is 6.47. The van der Waals surface area contributed by atoms with Crippen LogP contribution in [-0.4, -0.2) is 17.6 Å². The molecule has 0 unspecified atom stereocenters. The van der Waals surface area contributed by atoms with Gasteiger partial charge < -0.3 is 5.32 Å². The quantitative estimate of drug-likeness (QED) is 0.622. The van der Waals surface area contributed by atoms with Crippen molar-refractivity contribution in [1.29, 1.82) is 0 Å². The summed E-state index contributed by atoms with van der Waals surface area (Å²) in [5.41, 5.74) is 5.22. The molecule has 2 aromatic rings. The van der Waals surface area contributed by atoms with Crippen molar-refractivity contribution in [3.8, 4) is 0 Å². The molecule has 2 fully saturated rings. The number of nitrogens with one attached hydrogen (secondary N) is 1. The Labute approximate surface area is 183 Å². The van der Waals surface area contributed by atoms with Gasteiger partial charge in [0.25, 0.3) is 0 Å². The second kappa shape index (κ2) is 9.25. The third kappa shape index (κ3) is 4.56. The number of carbonyl (C=O) groups excluding carboxylic acids is 2. The standard InChI is InChI=1S/C25H30N2O2S/c1-17-6-5-9-22(18(17)2)27-24(29)16-30-25(27)20-11-13-21(14-12-20)26-23(28)15-10-19-7-3-4-8-19/h5-6,9,11-14,19,25H,3-4,7-8,10,15-16H2,1-2H3,(H,26,28)/t25-/m1/s1. The first-order chi connectivity index (χ1) is 14.5. The van der Waals surface area contributed by atoms with E-state index in [0.29, 0.717) is 12.2 Å². The zero-order valence-corrected chi connectivity index (χ0v) is 18.6. The summed E-state index contributed by atoms with van der Waals surface area (Å²) in [6.07, 6.45) is 6.77. The molecular weight excluding hydrogens is 392 g/mol. The van der Waals surface area contributed by atoms with E-state index in [1.54, 1.807) is 11.8 Å². The van der Waals surface area contributed by atoms with Gasteiger partial charge in [0.05, 0.1) is 5.75 Å². The lowest BCUT2D eigenvalue weighted by molar-refractivity contribution is -0.117. The fourth-order valence-electron chi connectivity index (χ4n) is 4.52. The molecule has 0 bridgehead atoms. The van der Waals surface area contributed by atoms with Crippen LogP contribution in [-0.2, 0) is 9.59 Å². The second-order valence-electron chi connectivity index (χ2n) is 8.51. The van der Waals surface area contributed by atoms with Crippen molar-refractivity contribution in [3.05, 3.63) is 59.2 Å². The minimum absolute atomic E-state index is 0.0369. The summed E-state index contributed by atoms with van der Waals surface area (Å²) in [6.45, 7) is 4.15. The van der Waals surface area contributed by atoms with Crippen LogP contribution in [0.2, 0.25) is 0 Å². The first-order valence-corrected chi connectivity index (χ1v) is 12.0. The molecule has 2 aliphatic rings. The number of hydrogen-bond acceptors (Lipinski definition) is 3. The zero-order valence-electron chi connectivity index (χ0n) is 17.8. The Balaban J connectivity index is 1.43. The Morgan fingerprint density at radius 3 is 2.57 bits per heavy atom. The van der Waals surface area contributed by atoms with Gasteiger partial charge in [-0.2, -0.15) is 0 Å². The van der Waals surface area contributed by atoms with Crippen molar-refractivity contribution in [2.45, 2.75) is 57.7 Å². The van der Waals surface area contributed by atoms with E-state index in [-0.39, 0.29) is 17.2 Å². The van der Waals surface area contributed by atoms with Crippen LogP contribution < -0.4 is 10.2 Å². The highest BCUT2D eigenvalue weighted by molar-refractivity contribution is 8.00. The van der Waals surface area contributed by atoms with Crippen molar-refractivity contribution in [2.75, 3.05) is 16.0 Å². The molecule has 1 atom stereocenters. The van der Waals surface area contributed by atoms with Gasteiger partial charge in [-0.15, -0.1) is 11.8 Å². The van der Waals surface area contributed by atoms with E-state index in [1.807, 2.05) is 41.3 Å². The lowest BCUT2D eigenvalue weighted by Crippen LogP contribution is -2.28. The number of anilines is 2. The molecule has 1 aliphatic heterocycles. The highest BCUT2D eigenvalue weighted by atomic mass is 32.2. The van der Waals surface area contributed by atoms with Gasteiger partial charge in [-0.05, 0) is 61.1 Å². The van der Waals surface area contributed by atoms with E-state index in [2.05, 4.69) is 25.2 Å². The number of nitrogens with zero attached hydrogens (tertiary/aromatic N) is 1. The van der Waals surface area contributed by atoms with Crippen LogP contribution in [0.4, 0.5) is 11.4 Å². The first kappa shape index (κ1) is 21.0. The Morgan fingerprint density at radius 1 is 1.10 bits per heavy atom. The third-order valence-corrected chi connectivity index (χ3v) is 7.65. The molecule has 30 heavy (non-hydrogen) atoms. The van der Waals surface area contributed by atoms with E-state index in [0.717, 1.165) is 34.8 Å². The van der Waals surface area contributed by atoms with E-state index >= 15 is 0 Å². The molecule has 0 radical (unpaired) electrons. The summed E-state index contributed by atoms with van der Waals surface area (Å²) in [5.74, 6) is 1.45. The van der Waals surface area contributed by atoms with E-state index < -0.39 is 0 Å². The summed E-state index contributed by atoms with van der Waals surface area (Å²) in [5, 5.41) is 2.99. The predicted octanol–water partition coefficient (Wildman–Crippen LogP) is 5.99. The summed E-state index contributed by atoms with van der Waals surface area (Å²) < 4.78 is 0. The topological polar surface area (TPSA) is 49.4 Å². The molecule has 158 valence electrons. The van der Waals surface area contributed by atoms with Gasteiger partial charge in [0.2, 0.25) is 11.8 Å².